The molecule has 0 radical (unpaired) electrons. The largest absolute Gasteiger partial charge is 0.587 e. The van der Waals surface area contributed by atoms with Crippen LogP contribution in [0, 0.1) is 0 Å². The van der Waals surface area contributed by atoms with E-state index < -0.39 is 11.4 Å². The second-order valence-electron chi connectivity index (χ2n) is 2.42. The third-order valence-electron chi connectivity index (χ3n) is 1.60. The number of nitrogens with zero attached hydrogens (tertiary/aromatic N) is 1. The zero-order valence-corrected chi connectivity index (χ0v) is 7.12. The van der Waals surface area contributed by atoms with Gasteiger partial charge in [0.25, 0.3) is 0 Å². The Morgan fingerprint density at radius 2 is 2.08 bits per heavy atom. The molecule has 0 saturated heterocycles. The van der Waals surface area contributed by atoms with Crippen molar-refractivity contribution in [2.24, 2.45) is 4.40 Å². The van der Waals surface area contributed by atoms with Crippen molar-refractivity contribution in [1.82, 2.24) is 0 Å². The van der Waals surface area contributed by atoms with Gasteiger partial charge in [-0.15, -0.1) is 0 Å². The molecule has 3 heteroatoms. The predicted octanol–water partition coefficient (Wildman–Crippen LogP) is 0.278. The number of hydrogen-bond acceptors (Lipinski definition) is 2. The number of hydrogen-bond donors (Lipinski definition) is 0. The molecular formula is C9H7NOS. The van der Waals surface area contributed by atoms with Crippen LogP contribution in [0.4, 0.5) is 0 Å². The average Bonchev–Trinajstić information content (AvgIpc) is 2.25. The minimum Gasteiger partial charge on any atom is -0.587 e. The molecule has 0 fully saturated rings. The van der Waals surface area contributed by atoms with Crippen molar-refractivity contribution in [2.45, 2.75) is 0 Å². The topological polar surface area (TPSA) is 35.4 Å². The molecule has 1 unspecified atom stereocenters. The van der Waals surface area contributed by atoms with Gasteiger partial charge in [0.05, 0.1) is 0 Å². The molecule has 0 aliphatic carbocycles. The van der Waals surface area contributed by atoms with Gasteiger partial charge in [0, 0.05) is 5.22 Å². The summed E-state index contributed by atoms with van der Waals surface area (Å²) in [6.45, 7) is 0. The van der Waals surface area contributed by atoms with E-state index in [0.717, 1.165) is 10.6 Å². The first kappa shape index (κ1) is 7.58. The quantitative estimate of drug-likeness (QED) is 0.524. The lowest BCUT2D eigenvalue weighted by Gasteiger charge is -1.91. The molecule has 60 valence electrons. The Balaban J connectivity index is 2.75. The van der Waals surface area contributed by atoms with Crippen LogP contribution in [0.2, 0.25) is 0 Å². The lowest BCUT2D eigenvalue weighted by atomic mass is 10.3. The molecule has 1 atom stereocenters. The summed E-state index contributed by atoms with van der Waals surface area (Å²) >= 11 is -1.21. The van der Waals surface area contributed by atoms with Gasteiger partial charge in [-0.25, -0.2) is 0 Å². The van der Waals surface area contributed by atoms with E-state index in [-0.39, 0.29) is 0 Å². The molecule has 0 N–H and O–H groups in total. The van der Waals surface area contributed by atoms with Gasteiger partial charge in [0.2, 0.25) is 0 Å². The van der Waals surface area contributed by atoms with Gasteiger partial charge in [-0.3, -0.25) is 0 Å². The van der Waals surface area contributed by atoms with E-state index in [1.807, 2.05) is 30.3 Å². The molecule has 12 heavy (non-hydrogen) atoms. The van der Waals surface area contributed by atoms with Crippen molar-refractivity contribution < 1.29 is 4.55 Å². The van der Waals surface area contributed by atoms with E-state index in [1.54, 1.807) is 11.5 Å². The van der Waals surface area contributed by atoms with Gasteiger partial charge >= 0.3 is 0 Å². The van der Waals surface area contributed by atoms with Crippen molar-refractivity contribution in [3.05, 3.63) is 46.3 Å². The van der Waals surface area contributed by atoms with Crippen LogP contribution in [-0.4, -0.2) is 4.55 Å². The summed E-state index contributed by atoms with van der Waals surface area (Å²) in [6.07, 6.45) is 3.68. The van der Waals surface area contributed by atoms with Gasteiger partial charge in [-0.1, -0.05) is 22.6 Å². The lowest BCUT2D eigenvalue weighted by Crippen LogP contribution is -2.23. The van der Waals surface area contributed by atoms with Crippen LogP contribution in [0.15, 0.2) is 40.1 Å². The summed E-state index contributed by atoms with van der Waals surface area (Å²) in [5, 5.41) is 3.38. The van der Waals surface area contributed by atoms with Gasteiger partial charge in [-0.2, -0.15) is 0 Å². The summed E-state index contributed by atoms with van der Waals surface area (Å²) in [5.41, 5.74) is 0. The van der Waals surface area contributed by atoms with E-state index >= 15 is 0 Å². The van der Waals surface area contributed by atoms with Gasteiger partial charge in [-0.05, 0) is 18.2 Å². The van der Waals surface area contributed by atoms with Crippen LogP contribution >= 0.6 is 0 Å². The summed E-state index contributed by atoms with van der Waals surface area (Å²) in [4.78, 5) is 0. The Morgan fingerprint density at radius 3 is 3.00 bits per heavy atom. The maximum absolute atomic E-state index is 11.1. The molecule has 0 spiro atoms. The molecule has 0 amide bonds. The first-order valence-corrected chi connectivity index (χ1v) is 4.76. The van der Waals surface area contributed by atoms with Crippen molar-refractivity contribution in [3.8, 4) is 0 Å². The maximum Gasteiger partial charge on any atom is 0.147 e. The normalized spacial score (nSPS) is 20.2. The zero-order chi connectivity index (χ0) is 8.39. The van der Waals surface area contributed by atoms with E-state index in [1.165, 1.54) is 0 Å². The van der Waals surface area contributed by atoms with Gasteiger partial charge < -0.3 is 4.55 Å². The molecule has 1 aromatic rings. The van der Waals surface area contributed by atoms with Crippen molar-refractivity contribution >= 4 is 17.4 Å². The number of fused-ring (bicyclic) bond motifs is 1. The third-order valence-corrected chi connectivity index (χ3v) is 2.36. The van der Waals surface area contributed by atoms with Crippen LogP contribution in [0.1, 0.15) is 0 Å². The summed E-state index contributed by atoms with van der Waals surface area (Å²) in [6, 6.07) is 7.63. The molecule has 1 heterocycles. The third kappa shape index (κ3) is 1.42. The number of rotatable bonds is 0. The van der Waals surface area contributed by atoms with Crippen molar-refractivity contribution in [2.75, 3.05) is 0 Å². The molecule has 0 aromatic heterocycles. The predicted molar refractivity (Wildman–Crippen MR) is 49.0 cm³/mol. The van der Waals surface area contributed by atoms with Crippen LogP contribution < -0.4 is 10.6 Å². The molecular weight excluding hydrogens is 170 g/mol. The molecule has 1 aliphatic heterocycles. The van der Waals surface area contributed by atoms with Gasteiger partial charge in [0.15, 0.2) is 0 Å². The minimum absolute atomic E-state index is 0.792. The highest BCUT2D eigenvalue weighted by Crippen LogP contribution is 1.94. The fraction of sp³-hybridized carbons (Fsp3) is 0. The Labute approximate surface area is 73.3 Å². The number of allylic oxidation sites excluding steroid dienone is 1. The highest BCUT2D eigenvalue weighted by atomic mass is 32.2. The van der Waals surface area contributed by atoms with Crippen LogP contribution in [0.25, 0.3) is 6.08 Å². The summed E-state index contributed by atoms with van der Waals surface area (Å²) < 4.78 is 15.1. The van der Waals surface area contributed by atoms with E-state index in [4.69, 9.17) is 0 Å². The fourth-order valence-corrected chi connectivity index (χ4v) is 1.68. The first-order valence-electron chi connectivity index (χ1n) is 3.59. The summed E-state index contributed by atoms with van der Waals surface area (Å²) in [7, 11) is 0. The van der Waals surface area contributed by atoms with Crippen LogP contribution in [-0.2, 0) is 11.4 Å². The van der Waals surface area contributed by atoms with Gasteiger partial charge in [0.1, 0.15) is 22.1 Å². The molecule has 1 aliphatic rings. The molecule has 1 aromatic carbocycles. The molecule has 0 bridgehead atoms. The highest BCUT2D eigenvalue weighted by molar-refractivity contribution is 7.92. The Morgan fingerprint density at radius 1 is 1.25 bits per heavy atom. The first-order chi connectivity index (χ1) is 5.86. The Bertz CT molecular complexity index is 424. The lowest BCUT2D eigenvalue weighted by molar-refractivity contribution is 0.604. The second kappa shape index (κ2) is 3.13. The summed E-state index contributed by atoms with van der Waals surface area (Å²) in [5.74, 6) is 0. The standard InChI is InChI=1S/C9H7NOS/c11-12-7-3-5-8-4-1-2-6-9(8)10-12/h1-7H. The van der Waals surface area contributed by atoms with E-state index in [9.17, 15) is 4.55 Å². The monoisotopic (exact) mass is 177 g/mol. The van der Waals surface area contributed by atoms with Crippen LogP contribution in [0.5, 0.6) is 0 Å². The van der Waals surface area contributed by atoms with E-state index in [0.29, 0.717) is 0 Å². The second-order valence-corrected chi connectivity index (χ2v) is 3.43. The fourth-order valence-electron chi connectivity index (χ4n) is 1.05. The van der Waals surface area contributed by atoms with Crippen molar-refractivity contribution in [1.29, 1.82) is 0 Å². The maximum atomic E-state index is 11.1. The van der Waals surface area contributed by atoms with Crippen LogP contribution in [0.3, 0.4) is 0 Å². The smallest absolute Gasteiger partial charge is 0.147 e. The van der Waals surface area contributed by atoms with Crippen molar-refractivity contribution in [3.63, 3.8) is 0 Å². The molecule has 2 rings (SSSR count). The SMILES string of the molecule is [O-][S+]1C=CC=c2ccccc2=N1. The Hall–Kier alpha value is -1.06. The van der Waals surface area contributed by atoms with E-state index in [2.05, 4.69) is 4.40 Å². The molecule has 2 nitrogen and oxygen atoms in total. The highest BCUT2D eigenvalue weighted by Gasteiger charge is 1.99. The zero-order valence-electron chi connectivity index (χ0n) is 6.31. The minimum atomic E-state index is -1.21. The number of benzene rings is 1. The molecule has 0 saturated carbocycles. The average molecular weight is 177 g/mol. The Kier molecular flexibility index (Phi) is 1.98.